The lowest BCUT2D eigenvalue weighted by molar-refractivity contribution is 0.0709. The summed E-state index contributed by atoms with van der Waals surface area (Å²) in [4.78, 5) is 14.9. The molecule has 0 bridgehead atoms. The fraction of sp³-hybridized carbons (Fsp3) is 0.263. The number of aromatic nitrogens is 2. The molecule has 4 nitrogen and oxygen atoms in total. The second-order valence-electron chi connectivity index (χ2n) is 6.73. The van der Waals surface area contributed by atoms with Crippen molar-refractivity contribution in [2.45, 2.75) is 43.0 Å². The summed E-state index contributed by atoms with van der Waals surface area (Å²) in [6, 6.07) is 11.1. The molecular weight excluding hydrogens is 388 g/mol. The van der Waals surface area contributed by atoms with Crippen molar-refractivity contribution in [1.82, 2.24) is 9.78 Å². The molecule has 2 heterocycles. The average Bonchev–Trinajstić information content (AvgIpc) is 3.20. The SMILES string of the molecule is Cc1nn(C(C)(C)C)c(OC(=O)c2cccs2)c1Sc1ccc(Cl)cc1. The van der Waals surface area contributed by atoms with Crippen LogP contribution < -0.4 is 4.74 Å². The molecule has 0 aliphatic heterocycles. The van der Waals surface area contributed by atoms with Crippen molar-refractivity contribution in [1.29, 1.82) is 0 Å². The molecule has 0 saturated carbocycles. The van der Waals surface area contributed by atoms with Crippen LogP contribution in [0, 0.1) is 6.92 Å². The zero-order valence-corrected chi connectivity index (χ0v) is 17.3. The van der Waals surface area contributed by atoms with Gasteiger partial charge in [0.15, 0.2) is 0 Å². The first-order chi connectivity index (χ1) is 12.3. The van der Waals surface area contributed by atoms with Gasteiger partial charge in [0, 0.05) is 9.92 Å². The van der Waals surface area contributed by atoms with E-state index in [4.69, 9.17) is 16.3 Å². The molecule has 136 valence electrons. The van der Waals surface area contributed by atoms with E-state index < -0.39 is 0 Å². The molecule has 0 N–H and O–H groups in total. The zero-order chi connectivity index (χ0) is 18.9. The number of carbonyl (C=O) groups is 1. The fourth-order valence-electron chi connectivity index (χ4n) is 2.31. The molecule has 0 aliphatic carbocycles. The number of thiophene rings is 1. The van der Waals surface area contributed by atoms with Gasteiger partial charge in [0.05, 0.1) is 16.1 Å². The van der Waals surface area contributed by atoms with E-state index in [-0.39, 0.29) is 11.5 Å². The van der Waals surface area contributed by atoms with Gasteiger partial charge in [0.1, 0.15) is 4.88 Å². The van der Waals surface area contributed by atoms with Gasteiger partial charge in [0.25, 0.3) is 0 Å². The molecule has 2 aromatic heterocycles. The van der Waals surface area contributed by atoms with E-state index in [2.05, 4.69) is 5.10 Å². The Labute approximate surface area is 166 Å². The van der Waals surface area contributed by atoms with E-state index in [1.165, 1.54) is 23.1 Å². The van der Waals surface area contributed by atoms with Crippen molar-refractivity contribution in [3.8, 4) is 5.88 Å². The highest BCUT2D eigenvalue weighted by Crippen LogP contribution is 2.40. The lowest BCUT2D eigenvalue weighted by atomic mass is 10.1. The van der Waals surface area contributed by atoms with Gasteiger partial charge in [-0.15, -0.1) is 11.3 Å². The van der Waals surface area contributed by atoms with Crippen LogP contribution in [0.2, 0.25) is 5.02 Å². The molecule has 0 unspecified atom stereocenters. The van der Waals surface area contributed by atoms with E-state index in [0.717, 1.165) is 15.5 Å². The number of aryl methyl sites for hydroxylation is 1. The van der Waals surface area contributed by atoms with E-state index in [1.807, 2.05) is 63.4 Å². The largest absolute Gasteiger partial charge is 0.402 e. The Kier molecular flexibility index (Phi) is 5.46. The van der Waals surface area contributed by atoms with Crippen molar-refractivity contribution >= 4 is 40.7 Å². The van der Waals surface area contributed by atoms with Crippen LogP contribution in [-0.4, -0.2) is 15.7 Å². The highest BCUT2D eigenvalue weighted by molar-refractivity contribution is 7.99. The number of hydrogen-bond acceptors (Lipinski definition) is 5. The van der Waals surface area contributed by atoms with Crippen LogP contribution >= 0.6 is 34.7 Å². The van der Waals surface area contributed by atoms with Crippen molar-refractivity contribution in [2.24, 2.45) is 0 Å². The van der Waals surface area contributed by atoms with Gasteiger partial charge in [-0.2, -0.15) is 5.10 Å². The van der Waals surface area contributed by atoms with Crippen molar-refractivity contribution in [2.75, 3.05) is 0 Å². The number of carbonyl (C=O) groups excluding carboxylic acids is 1. The van der Waals surface area contributed by atoms with Gasteiger partial charge in [-0.25, -0.2) is 9.48 Å². The zero-order valence-electron chi connectivity index (χ0n) is 14.9. The molecule has 0 saturated heterocycles. The number of halogens is 1. The van der Waals surface area contributed by atoms with Crippen molar-refractivity contribution < 1.29 is 9.53 Å². The monoisotopic (exact) mass is 406 g/mol. The van der Waals surface area contributed by atoms with Crippen LogP contribution in [-0.2, 0) is 5.54 Å². The fourth-order valence-corrected chi connectivity index (χ4v) is 3.94. The van der Waals surface area contributed by atoms with Gasteiger partial charge < -0.3 is 4.74 Å². The first kappa shape index (κ1) is 19.0. The predicted octanol–water partition coefficient (Wildman–Crippen LogP) is 6.03. The Morgan fingerprint density at radius 1 is 1.23 bits per heavy atom. The molecule has 0 aliphatic rings. The third-order valence-corrected chi connectivity index (χ3v) is 5.83. The number of esters is 1. The number of benzene rings is 1. The first-order valence-electron chi connectivity index (χ1n) is 8.05. The summed E-state index contributed by atoms with van der Waals surface area (Å²) < 4.78 is 7.56. The third-order valence-electron chi connectivity index (χ3n) is 3.55. The molecule has 3 rings (SSSR count). The van der Waals surface area contributed by atoms with Crippen LogP contribution in [0.15, 0.2) is 51.6 Å². The number of nitrogens with zero attached hydrogens (tertiary/aromatic N) is 2. The Hall–Kier alpha value is -1.76. The van der Waals surface area contributed by atoms with Crippen LogP contribution in [0.1, 0.15) is 36.1 Å². The molecule has 0 radical (unpaired) electrons. The van der Waals surface area contributed by atoms with E-state index >= 15 is 0 Å². The van der Waals surface area contributed by atoms with E-state index in [9.17, 15) is 4.79 Å². The maximum atomic E-state index is 12.5. The minimum absolute atomic E-state index is 0.325. The minimum Gasteiger partial charge on any atom is -0.402 e. The average molecular weight is 407 g/mol. The number of rotatable bonds is 4. The molecule has 0 atom stereocenters. The summed E-state index contributed by atoms with van der Waals surface area (Å²) in [5, 5.41) is 7.16. The standard InChI is InChI=1S/C19H19ClN2O2S2/c1-12-16(26-14-9-7-13(20)8-10-14)17(22(21-12)19(2,3)4)24-18(23)15-6-5-11-25-15/h5-11H,1-4H3. The maximum absolute atomic E-state index is 12.5. The summed E-state index contributed by atoms with van der Waals surface area (Å²) in [6.07, 6.45) is 0. The molecule has 7 heteroatoms. The highest BCUT2D eigenvalue weighted by atomic mass is 35.5. The molecule has 3 aromatic rings. The number of ether oxygens (including phenoxy) is 1. The molecule has 0 spiro atoms. The molecular formula is C19H19ClN2O2S2. The first-order valence-corrected chi connectivity index (χ1v) is 10.1. The molecule has 0 fully saturated rings. The van der Waals surface area contributed by atoms with Crippen LogP contribution in [0.3, 0.4) is 0 Å². The predicted molar refractivity (Wildman–Crippen MR) is 107 cm³/mol. The Morgan fingerprint density at radius 3 is 2.50 bits per heavy atom. The van der Waals surface area contributed by atoms with E-state index in [1.54, 1.807) is 10.7 Å². The highest BCUT2D eigenvalue weighted by Gasteiger charge is 2.27. The Balaban J connectivity index is 2.01. The molecule has 0 amide bonds. The van der Waals surface area contributed by atoms with Crippen molar-refractivity contribution in [3.63, 3.8) is 0 Å². The van der Waals surface area contributed by atoms with E-state index in [0.29, 0.717) is 15.8 Å². The van der Waals surface area contributed by atoms with Crippen molar-refractivity contribution in [3.05, 3.63) is 57.4 Å². The van der Waals surface area contributed by atoms with Gasteiger partial charge >= 0.3 is 5.97 Å². The molecule has 1 aromatic carbocycles. The lowest BCUT2D eigenvalue weighted by Crippen LogP contribution is -2.25. The smallest absolute Gasteiger partial charge is 0.355 e. The lowest BCUT2D eigenvalue weighted by Gasteiger charge is -2.21. The quantitative estimate of drug-likeness (QED) is 0.496. The second kappa shape index (κ2) is 7.47. The van der Waals surface area contributed by atoms with Crippen LogP contribution in [0.5, 0.6) is 5.88 Å². The minimum atomic E-state index is -0.372. The van der Waals surface area contributed by atoms with Gasteiger partial charge in [-0.05, 0) is 63.4 Å². The van der Waals surface area contributed by atoms with Gasteiger partial charge in [-0.3, -0.25) is 0 Å². The topological polar surface area (TPSA) is 44.1 Å². The van der Waals surface area contributed by atoms with Gasteiger partial charge in [0.2, 0.25) is 5.88 Å². The normalized spacial score (nSPS) is 11.6. The molecule has 26 heavy (non-hydrogen) atoms. The summed E-state index contributed by atoms with van der Waals surface area (Å²) in [5.74, 6) is 0.0942. The summed E-state index contributed by atoms with van der Waals surface area (Å²) in [6.45, 7) is 8.00. The summed E-state index contributed by atoms with van der Waals surface area (Å²) in [5.41, 5.74) is 0.489. The Bertz CT molecular complexity index is 910. The summed E-state index contributed by atoms with van der Waals surface area (Å²) >= 11 is 8.84. The summed E-state index contributed by atoms with van der Waals surface area (Å²) in [7, 11) is 0. The Morgan fingerprint density at radius 2 is 1.92 bits per heavy atom. The second-order valence-corrected chi connectivity index (χ2v) is 9.19. The third kappa shape index (κ3) is 4.14. The van der Waals surface area contributed by atoms with Gasteiger partial charge in [-0.1, -0.05) is 29.4 Å². The maximum Gasteiger partial charge on any atom is 0.355 e. The van der Waals surface area contributed by atoms with Crippen LogP contribution in [0.4, 0.5) is 0 Å². The number of hydrogen-bond donors (Lipinski definition) is 0. The van der Waals surface area contributed by atoms with Crippen LogP contribution in [0.25, 0.3) is 0 Å².